The average molecular weight is 288 g/mol. The normalized spacial score (nSPS) is 10.8. The standard InChI is InChI=1S/C11H11Cl2N3S/c1-16-9(13)5-15-10(16)6-17-11-7(12)3-2-4-8(11)14/h2-5H,6,14H2,1H3. The Morgan fingerprint density at radius 3 is 2.76 bits per heavy atom. The van der Waals surface area contributed by atoms with Crippen molar-refractivity contribution in [2.45, 2.75) is 10.6 Å². The summed E-state index contributed by atoms with van der Waals surface area (Å²) >= 11 is 13.6. The van der Waals surface area contributed by atoms with Crippen molar-refractivity contribution in [3.8, 4) is 0 Å². The zero-order chi connectivity index (χ0) is 12.4. The van der Waals surface area contributed by atoms with Gasteiger partial charge in [-0.2, -0.15) is 0 Å². The summed E-state index contributed by atoms with van der Waals surface area (Å²) < 4.78 is 1.83. The zero-order valence-corrected chi connectivity index (χ0v) is 11.5. The fraction of sp³-hybridized carbons (Fsp3) is 0.182. The van der Waals surface area contributed by atoms with E-state index < -0.39 is 0 Å². The molecule has 0 unspecified atom stereocenters. The Morgan fingerprint density at radius 1 is 1.41 bits per heavy atom. The van der Waals surface area contributed by atoms with Gasteiger partial charge < -0.3 is 10.3 Å². The van der Waals surface area contributed by atoms with Crippen molar-refractivity contribution in [2.24, 2.45) is 7.05 Å². The molecule has 3 nitrogen and oxygen atoms in total. The van der Waals surface area contributed by atoms with Crippen LogP contribution in [0.2, 0.25) is 10.2 Å². The van der Waals surface area contributed by atoms with Crippen LogP contribution in [0, 0.1) is 0 Å². The Kier molecular flexibility index (Phi) is 3.86. The Balaban J connectivity index is 2.15. The predicted octanol–water partition coefficient (Wildman–Crippen LogP) is 3.60. The number of thioether (sulfide) groups is 1. The highest BCUT2D eigenvalue weighted by molar-refractivity contribution is 7.98. The van der Waals surface area contributed by atoms with Crippen LogP contribution >= 0.6 is 35.0 Å². The second-order valence-electron chi connectivity index (χ2n) is 3.50. The highest BCUT2D eigenvalue weighted by Crippen LogP contribution is 2.34. The number of aromatic nitrogens is 2. The maximum Gasteiger partial charge on any atom is 0.128 e. The minimum absolute atomic E-state index is 0.618. The third-order valence-electron chi connectivity index (χ3n) is 2.37. The molecule has 0 fully saturated rings. The van der Waals surface area contributed by atoms with Crippen molar-refractivity contribution in [2.75, 3.05) is 5.73 Å². The first-order valence-electron chi connectivity index (χ1n) is 4.92. The summed E-state index contributed by atoms with van der Waals surface area (Å²) in [5.41, 5.74) is 6.55. The zero-order valence-electron chi connectivity index (χ0n) is 9.15. The molecule has 2 N–H and O–H groups in total. The van der Waals surface area contributed by atoms with Gasteiger partial charge >= 0.3 is 0 Å². The summed E-state index contributed by atoms with van der Waals surface area (Å²) in [7, 11) is 1.88. The van der Waals surface area contributed by atoms with Crippen LogP contribution < -0.4 is 5.73 Å². The number of benzene rings is 1. The Labute approximate surface area is 114 Å². The van der Waals surface area contributed by atoms with Crippen LogP contribution in [0.15, 0.2) is 29.3 Å². The molecule has 0 aliphatic heterocycles. The molecular weight excluding hydrogens is 277 g/mol. The monoisotopic (exact) mass is 287 g/mol. The topological polar surface area (TPSA) is 43.8 Å². The minimum Gasteiger partial charge on any atom is -0.398 e. The summed E-state index contributed by atoms with van der Waals surface area (Å²) in [4.78, 5) is 5.10. The van der Waals surface area contributed by atoms with Crippen molar-refractivity contribution in [3.63, 3.8) is 0 Å². The number of nitrogen functional groups attached to an aromatic ring is 1. The van der Waals surface area contributed by atoms with Crippen LogP contribution in [0.25, 0.3) is 0 Å². The second kappa shape index (κ2) is 5.21. The van der Waals surface area contributed by atoms with Crippen LogP contribution in [-0.2, 0) is 12.8 Å². The molecule has 0 spiro atoms. The van der Waals surface area contributed by atoms with Gasteiger partial charge in [-0.3, -0.25) is 0 Å². The number of imidazole rings is 1. The van der Waals surface area contributed by atoms with Crippen molar-refractivity contribution in [3.05, 3.63) is 40.4 Å². The van der Waals surface area contributed by atoms with Crippen LogP contribution in [0.3, 0.4) is 0 Å². The summed E-state index contributed by atoms with van der Waals surface area (Å²) in [6.45, 7) is 0. The first-order chi connectivity index (χ1) is 8.09. The van der Waals surface area contributed by atoms with Crippen LogP contribution in [-0.4, -0.2) is 9.55 Å². The van der Waals surface area contributed by atoms with Gasteiger partial charge in [-0.05, 0) is 12.1 Å². The molecule has 2 rings (SSSR count). The molecule has 1 heterocycles. The lowest BCUT2D eigenvalue weighted by molar-refractivity contribution is 0.850. The van der Waals surface area contributed by atoms with Gasteiger partial charge in [-0.1, -0.05) is 29.3 Å². The molecule has 17 heavy (non-hydrogen) atoms. The van der Waals surface area contributed by atoms with Crippen molar-refractivity contribution in [1.29, 1.82) is 0 Å². The molecular formula is C11H11Cl2N3S. The summed E-state index contributed by atoms with van der Waals surface area (Å²) in [5, 5.41) is 1.28. The maximum atomic E-state index is 6.09. The lowest BCUT2D eigenvalue weighted by atomic mass is 10.3. The highest BCUT2D eigenvalue weighted by atomic mass is 35.5. The molecule has 0 aliphatic rings. The van der Waals surface area contributed by atoms with E-state index in [1.165, 1.54) is 0 Å². The van der Waals surface area contributed by atoms with Gasteiger partial charge in [0.15, 0.2) is 0 Å². The lowest BCUT2D eigenvalue weighted by Gasteiger charge is -2.07. The van der Waals surface area contributed by atoms with Gasteiger partial charge in [0.25, 0.3) is 0 Å². The molecule has 0 aliphatic carbocycles. The van der Waals surface area contributed by atoms with Gasteiger partial charge in [0.05, 0.1) is 17.0 Å². The number of rotatable bonds is 3. The molecule has 0 saturated heterocycles. The first-order valence-corrected chi connectivity index (χ1v) is 6.66. The molecule has 90 valence electrons. The van der Waals surface area contributed by atoms with E-state index in [0.717, 1.165) is 10.7 Å². The molecule has 0 atom stereocenters. The third kappa shape index (κ3) is 2.70. The van der Waals surface area contributed by atoms with E-state index >= 15 is 0 Å². The number of halogens is 2. The van der Waals surface area contributed by atoms with Gasteiger partial charge in [-0.15, -0.1) is 11.8 Å². The van der Waals surface area contributed by atoms with Gasteiger partial charge in [0.1, 0.15) is 11.0 Å². The number of anilines is 1. The highest BCUT2D eigenvalue weighted by Gasteiger charge is 2.09. The number of hydrogen-bond donors (Lipinski definition) is 1. The fourth-order valence-corrected chi connectivity index (χ4v) is 2.85. The van der Waals surface area contributed by atoms with E-state index in [9.17, 15) is 0 Å². The molecule has 6 heteroatoms. The quantitative estimate of drug-likeness (QED) is 0.693. The van der Waals surface area contributed by atoms with E-state index in [4.69, 9.17) is 28.9 Å². The number of nitrogens with two attached hydrogens (primary N) is 1. The molecule has 1 aromatic heterocycles. The third-order valence-corrected chi connectivity index (χ3v) is 4.30. The van der Waals surface area contributed by atoms with E-state index in [0.29, 0.717) is 21.6 Å². The molecule has 0 bridgehead atoms. The van der Waals surface area contributed by atoms with Crippen LogP contribution in [0.5, 0.6) is 0 Å². The molecule has 2 aromatic rings. The van der Waals surface area contributed by atoms with E-state index in [-0.39, 0.29) is 0 Å². The maximum absolute atomic E-state index is 6.09. The van der Waals surface area contributed by atoms with E-state index in [2.05, 4.69) is 4.98 Å². The smallest absolute Gasteiger partial charge is 0.128 e. The summed E-state index contributed by atoms with van der Waals surface area (Å²) in [6, 6.07) is 5.49. The van der Waals surface area contributed by atoms with Gasteiger partial charge in [-0.25, -0.2) is 4.98 Å². The van der Waals surface area contributed by atoms with Crippen molar-refractivity contribution in [1.82, 2.24) is 9.55 Å². The number of hydrogen-bond acceptors (Lipinski definition) is 3. The summed E-state index contributed by atoms with van der Waals surface area (Å²) in [6.07, 6.45) is 1.63. The van der Waals surface area contributed by atoms with E-state index in [1.807, 2.05) is 29.8 Å². The number of nitrogens with zero attached hydrogens (tertiary/aromatic N) is 2. The predicted molar refractivity (Wildman–Crippen MR) is 73.6 cm³/mol. The fourth-order valence-electron chi connectivity index (χ4n) is 1.37. The van der Waals surface area contributed by atoms with Crippen LogP contribution in [0.4, 0.5) is 5.69 Å². The Hall–Kier alpha value is -0.840. The molecule has 0 saturated carbocycles. The first kappa shape index (κ1) is 12.6. The Bertz CT molecular complexity index is 519. The second-order valence-corrected chi connectivity index (χ2v) is 5.28. The average Bonchev–Trinajstić information content (AvgIpc) is 2.60. The molecule has 0 amide bonds. The minimum atomic E-state index is 0.618. The lowest BCUT2D eigenvalue weighted by Crippen LogP contribution is -1.97. The van der Waals surface area contributed by atoms with Crippen molar-refractivity contribution >= 4 is 40.7 Å². The Morgan fingerprint density at radius 2 is 2.18 bits per heavy atom. The van der Waals surface area contributed by atoms with Crippen molar-refractivity contribution < 1.29 is 0 Å². The van der Waals surface area contributed by atoms with Gasteiger partial charge in [0, 0.05) is 17.6 Å². The van der Waals surface area contributed by atoms with Crippen LogP contribution in [0.1, 0.15) is 5.82 Å². The molecule has 0 radical (unpaired) electrons. The molecule has 1 aromatic carbocycles. The van der Waals surface area contributed by atoms with Gasteiger partial charge in [0.2, 0.25) is 0 Å². The largest absolute Gasteiger partial charge is 0.398 e. The van der Waals surface area contributed by atoms with E-state index in [1.54, 1.807) is 18.0 Å². The summed E-state index contributed by atoms with van der Waals surface area (Å²) in [5.74, 6) is 1.57. The SMILES string of the molecule is Cn1c(Cl)cnc1CSc1c(N)cccc1Cl.